The van der Waals surface area contributed by atoms with E-state index in [1.165, 1.54) is 20.2 Å². The third kappa shape index (κ3) is 6.08. The molecule has 0 radical (unpaired) electrons. The number of rotatable bonds is 8. The van der Waals surface area contributed by atoms with Gasteiger partial charge in [-0.25, -0.2) is 17.5 Å². The molecule has 0 aliphatic heterocycles. The molecule has 2 rings (SSSR count). The minimum Gasteiger partial charge on any atom is -0.496 e. The predicted octanol–water partition coefficient (Wildman–Crippen LogP) is 3.88. The first kappa shape index (κ1) is 27.2. The Hall–Kier alpha value is -3.07. The minimum atomic E-state index is -4.14. The summed E-state index contributed by atoms with van der Waals surface area (Å²) in [5.41, 5.74) is 1.74. The summed E-state index contributed by atoms with van der Waals surface area (Å²) in [6.07, 6.45) is 0. The molecule has 2 aromatic rings. The van der Waals surface area contributed by atoms with Crippen LogP contribution in [0.15, 0.2) is 47.4 Å². The number of urea groups is 1. The van der Waals surface area contributed by atoms with Gasteiger partial charge in [-0.2, -0.15) is 0 Å². The quantitative estimate of drug-likeness (QED) is 0.586. The molecule has 0 saturated heterocycles. The Morgan fingerprint density at radius 2 is 1.74 bits per heavy atom. The third-order valence-corrected chi connectivity index (χ3v) is 7.32. The van der Waals surface area contributed by atoms with Gasteiger partial charge < -0.3 is 15.4 Å². The number of carbonyl (C=O) groups excluding carboxylic acids is 2. The molecule has 0 unspecified atom stereocenters. The average Bonchev–Trinajstić information content (AvgIpc) is 2.79. The number of carbonyl (C=O) groups is 2. The van der Waals surface area contributed by atoms with Gasteiger partial charge in [0.2, 0.25) is 0 Å². The molecule has 0 atom stereocenters. The summed E-state index contributed by atoms with van der Waals surface area (Å²) in [5, 5.41) is 5.09. The number of nitrogens with zero attached hydrogens (tertiary/aromatic N) is 1. The molecule has 0 bridgehead atoms. The topological polar surface area (TPSA) is 105 Å². The Morgan fingerprint density at radius 3 is 2.29 bits per heavy atom. The number of hydrogen-bond donors (Lipinski definition) is 2. The maximum Gasteiger partial charge on any atom is 0.331 e. The fourth-order valence-corrected chi connectivity index (χ4v) is 5.22. The van der Waals surface area contributed by atoms with Crippen LogP contribution in [-0.2, 0) is 15.4 Å². The van der Waals surface area contributed by atoms with Crippen LogP contribution in [0, 0.1) is 0 Å². The summed E-state index contributed by atoms with van der Waals surface area (Å²) in [4.78, 5) is 25.5. The van der Waals surface area contributed by atoms with Gasteiger partial charge >= 0.3 is 6.03 Å². The van der Waals surface area contributed by atoms with Gasteiger partial charge in [0.15, 0.2) is 0 Å². The molecular weight excluding hydrogens is 454 g/mol. The minimum absolute atomic E-state index is 0.0558. The molecule has 0 spiro atoms. The summed E-state index contributed by atoms with van der Waals surface area (Å²) < 4.78 is 32.9. The molecule has 186 valence electrons. The number of ether oxygens (including phenoxy) is 1. The lowest BCUT2D eigenvalue weighted by molar-refractivity contribution is 0.0948. The molecule has 3 amide bonds. The molecule has 0 aliphatic carbocycles. The van der Waals surface area contributed by atoms with Gasteiger partial charge in [0.25, 0.3) is 15.9 Å². The van der Waals surface area contributed by atoms with E-state index in [4.69, 9.17) is 4.74 Å². The second-order valence-corrected chi connectivity index (χ2v) is 11.1. The zero-order chi connectivity index (χ0) is 25.7. The van der Waals surface area contributed by atoms with Gasteiger partial charge in [0.1, 0.15) is 5.75 Å². The molecule has 2 N–H and O–H groups in total. The van der Waals surface area contributed by atoms with E-state index in [-0.39, 0.29) is 29.3 Å². The first-order valence-electron chi connectivity index (χ1n) is 11.1. The van der Waals surface area contributed by atoms with Crippen LogP contribution in [0.4, 0.5) is 4.79 Å². The lowest BCUT2D eigenvalue weighted by Gasteiger charge is -2.24. The normalized spacial score (nSPS) is 11.8. The zero-order valence-electron chi connectivity index (χ0n) is 20.9. The molecule has 9 heteroatoms. The molecule has 0 aromatic heterocycles. The van der Waals surface area contributed by atoms with Crippen molar-refractivity contribution in [2.45, 2.75) is 50.8 Å². The average molecular weight is 490 g/mol. The molecule has 8 nitrogen and oxygen atoms in total. The van der Waals surface area contributed by atoms with Crippen molar-refractivity contribution in [1.82, 2.24) is 14.9 Å². The number of benzene rings is 2. The van der Waals surface area contributed by atoms with E-state index in [0.29, 0.717) is 16.9 Å². The van der Waals surface area contributed by atoms with Gasteiger partial charge in [-0.05, 0) is 40.7 Å². The molecule has 0 heterocycles. The van der Waals surface area contributed by atoms with E-state index in [1.54, 1.807) is 30.3 Å². The van der Waals surface area contributed by atoms with Crippen LogP contribution in [-0.4, -0.2) is 51.9 Å². The van der Waals surface area contributed by atoms with Crippen LogP contribution in [0.25, 0.3) is 0 Å². The predicted molar refractivity (Wildman–Crippen MR) is 133 cm³/mol. The summed E-state index contributed by atoms with van der Waals surface area (Å²) in [7, 11) is -1.30. The van der Waals surface area contributed by atoms with Gasteiger partial charge in [-0.15, -0.1) is 0 Å². The first-order valence-corrected chi connectivity index (χ1v) is 12.6. The van der Waals surface area contributed by atoms with Crippen molar-refractivity contribution in [2.24, 2.45) is 0 Å². The van der Waals surface area contributed by atoms with Gasteiger partial charge in [-0.3, -0.25) is 4.79 Å². The zero-order valence-corrected chi connectivity index (χ0v) is 21.7. The third-order valence-electron chi connectivity index (χ3n) is 5.46. The largest absolute Gasteiger partial charge is 0.496 e. The lowest BCUT2D eigenvalue weighted by atomic mass is 9.86. The van der Waals surface area contributed by atoms with Crippen molar-refractivity contribution >= 4 is 22.0 Å². The molecular formula is C25H35N3O5S. The van der Waals surface area contributed by atoms with Crippen LogP contribution in [0.1, 0.15) is 62.0 Å². The fourth-order valence-electron chi connectivity index (χ4n) is 3.48. The van der Waals surface area contributed by atoms with Crippen molar-refractivity contribution in [3.05, 3.63) is 59.2 Å². The highest BCUT2D eigenvalue weighted by Crippen LogP contribution is 2.28. The summed E-state index contributed by atoms with van der Waals surface area (Å²) >= 11 is 0. The highest BCUT2D eigenvalue weighted by Gasteiger charge is 2.31. The van der Waals surface area contributed by atoms with Crippen LogP contribution >= 0.6 is 0 Å². The second-order valence-electron chi connectivity index (χ2n) is 9.25. The van der Waals surface area contributed by atoms with Crippen molar-refractivity contribution in [2.75, 3.05) is 27.2 Å². The standard InChI is InChI=1S/C25H35N3O5S/c1-17(2)19-10-8-9-11-22(19)34(31,32)28(24(30)26-6)15-14-27-23(29)20-16-18(25(3,4)5)12-13-21(20)33-7/h8-13,16-17H,14-15H2,1-7H3,(H,26,30)(H,27,29). The Labute approximate surface area is 202 Å². The summed E-state index contributed by atoms with van der Waals surface area (Å²) in [6.45, 7) is 9.59. The Balaban J connectivity index is 2.28. The van der Waals surface area contributed by atoms with E-state index >= 15 is 0 Å². The Bertz CT molecular complexity index is 1140. The molecule has 2 aromatic carbocycles. The second kappa shape index (κ2) is 10.9. The summed E-state index contributed by atoms with van der Waals surface area (Å²) in [6, 6.07) is 11.2. The fraction of sp³-hybridized carbons (Fsp3) is 0.440. The van der Waals surface area contributed by atoms with E-state index in [1.807, 2.05) is 40.7 Å². The van der Waals surface area contributed by atoms with Gasteiger partial charge in [0, 0.05) is 13.6 Å². The van der Waals surface area contributed by atoms with E-state index in [0.717, 1.165) is 9.87 Å². The van der Waals surface area contributed by atoms with Crippen LogP contribution in [0.3, 0.4) is 0 Å². The number of methoxy groups -OCH3 is 1. The first-order chi connectivity index (χ1) is 15.8. The highest BCUT2D eigenvalue weighted by molar-refractivity contribution is 7.89. The number of nitrogens with one attached hydrogen (secondary N) is 2. The molecule has 0 saturated carbocycles. The monoisotopic (exact) mass is 489 g/mol. The maximum atomic E-state index is 13.4. The van der Waals surface area contributed by atoms with Crippen LogP contribution in [0.5, 0.6) is 5.75 Å². The van der Waals surface area contributed by atoms with E-state index < -0.39 is 22.0 Å². The van der Waals surface area contributed by atoms with Crippen molar-refractivity contribution in [3.63, 3.8) is 0 Å². The maximum absolute atomic E-state index is 13.4. The number of sulfonamides is 1. The van der Waals surface area contributed by atoms with Gasteiger partial charge in [-0.1, -0.05) is 58.9 Å². The molecule has 0 aliphatic rings. The lowest BCUT2D eigenvalue weighted by Crippen LogP contribution is -2.46. The van der Waals surface area contributed by atoms with Crippen LogP contribution < -0.4 is 15.4 Å². The van der Waals surface area contributed by atoms with Crippen molar-refractivity contribution < 1.29 is 22.7 Å². The Morgan fingerprint density at radius 1 is 1.09 bits per heavy atom. The SMILES string of the molecule is CNC(=O)N(CCNC(=O)c1cc(C(C)(C)C)ccc1OC)S(=O)(=O)c1ccccc1C(C)C. The highest BCUT2D eigenvalue weighted by atomic mass is 32.2. The number of amides is 3. The van der Waals surface area contributed by atoms with E-state index in [2.05, 4.69) is 10.6 Å². The molecule has 34 heavy (non-hydrogen) atoms. The number of hydrogen-bond acceptors (Lipinski definition) is 5. The van der Waals surface area contributed by atoms with Crippen LogP contribution in [0.2, 0.25) is 0 Å². The van der Waals surface area contributed by atoms with Crippen molar-refractivity contribution in [1.29, 1.82) is 0 Å². The summed E-state index contributed by atoms with van der Waals surface area (Å²) in [5.74, 6) is -0.0632. The smallest absolute Gasteiger partial charge is 0.331 e. The van der Waals surface area contributed by atoms with Gasteiger partial charge in [0.05, 0.1) is 24.1 Å². The Kier molecular flexibility index (Phi) is 8.72. The van der Waals surface area contributed by atoms with Crippen molar-refractivity contribution in [3.8, 4) is 5.75 Å². The van der Waals surface area contributed by atoms with E-state index in [9.17, 15) is 18.0 Å². The molecule has 0 fully saturated rings.